The van der Waals surface area contributed by atoms with Crippen LogP contribution in [0.3, 0.4) is 0 Å². The molecule has 0 saturated heterocycles. The summed E-state index contributed by atoms with van der Waals surface area (Å²) in [6.07, 6.45) is 2.72. The summed E-state index contributed by atoms with van der Waals surface area (Å²) in [4.78, 5) is 0. The van der Waals surface area contributed by atoms with Crippen LogP contribution in [0.2, 0.25) is 0 Å². The van der Waals surface area contributed by atoms with E-state index in [2.05, 4.69) is 38.1 Å². The SMILES string of the molecule is CC(C)(CN)c1ccccc1C1CC1. The maximum atomic E-state index is 5.83. The fourth-order valence-electron chi connectivity index (χ4n) is 1.97. The second-order valence-electron chi connectivity index (χ2n) is 4.95. The molecule has 1 fully saturated rings. The van der Waals surface area contributed by atoms with Gasteiger partial charge in [0.1, 0.15) is 0 Å². The van der Waals surface area contributed by atoms with Crippen LogP contribution in [0.4, 0.5) is 0 Å². The summed E-state index contributed by atoms with van der Waals surface area (Å²) in [6, 6.07) is 8.77. The molecule has 2 rings (SSSR count). The molecule has 1 aromatic rings. The molecule has 1 heteroatoms. The Hall–Kier alpha value is -0.820. The van der Waals surface area contributed by atoms with Crippen molar-refractivity contribution in [3.05, 3.63) is 35.4 Å². The number of rotatable bonds is 3. The topological polar surface area (TPSA) is 26.0 Å². The molecule has 1 aliphatic carbocycles. The predicted molar refractivity (Wildman–Crippen MR) is 60.5 cm³/mol. The summed E-state index contributed by atoms with van der Waals surface area (Å²) in [5.41, 5.74) is 8.93. The third-order valence-corrected chi connectivity index (χ3v) is 3.22. The van der Waals surface area contributed by atoms with Crippen molar-refractivity contribution in [1.82, 2.24) is 0 Å². The van der Waals surface area contributed by atoms with Crippen LogP contribution < -0.4 is 5.73 Å². The highest BCUT2D eigenvalue weighted by Gasteiger charge is 2.30. The van der Waals surface area contributed by atoms with Crippen molar-refractivity contribution in [3.8, 4) is 0 Å². The van der Waals surface area contributed by atoms with Crippen LogP contribution in [-0.2, 0) is 5.41 Å². The Labute approximate surface area is 86.3 Å². The second-order valence-corrected chi connectivity index (χ2v) is 4.95. The fraction of sp³-hybridized carbons (Fsp3) is 0.538. The van der Waals surface area contributed by atoms with E-state index < -0.39 is 0 Å². The molecule has 2 N–H and O–H groups in total. The Morgan fingerprint density at radius 3 is 2.50 bits per heavy atom. The maximum absolute atomic E-state index is 5.83. The minimum Gasteiger partial charge on any atom is -0.330 e. The normalized spacial score (nSPS) is 17.1. The Morgan fingerprint density at radius 2 is 1.93 bits per heavy atom. The monoisotopic (exact) mass is 189 g/mol. The fourth-order valence-corrected chi connectivity index (χ4v) is 1.97. The highest BCUT2D eigenvalue weighted by atomic mass is 14.6. The van der Waals surface area contributed by atoms with E-state index in [9.17, 15) is 0 Å². The molecule has 0 unspecified atom stereocenters. The average molecular weight is 189 g/mol. The zero-order valence-electron chi connectivity index (χ0n) is 9.09. The maximum Gasteiger partial charge on any atom is 0.00219 e. The minimum absolute atomic E-state index is 0.124. The third-order valence-electron chi connectivity index (χ3n) is 3.22. The largest absolute Gasteiger partial charge is 0.330 e. The highest BCUT2D eigenvalue weighted by Crippen LogP contribution is 2.44. The molecule has 0 radical (unpaired) electrons. The standard InChI is InChI=1S/C13H19N/c1-13(2,9-14)12-6-4-3-5-11(12)10-7-8-10/h3-6,10H,7-9,14H2,1-2H3. The van der Waals surface area contributed by atoms with E-state index in [1.54, 1.807) is 0 Å². The molecule has 0 spiro atoms. The molecule has 1 aromatic carbocycles. The van der Waals surface area contributed by atoms with Crippen molar-refractivity contribution in [1.29, 1.82) is 0 Å². The van der Waals surface area contributed by atoms with E-state index in [-0.39, 0.29) is 5.41 Å². The van der Waals surface area contributed by atoms with Crippen LogP contribution >= 0.6 is 0 Å². The quantitative estimate of drug-likeness (QED) is 0.777. The van der Waals surface area contributed by atoms with Crippen LogP contribution in [0.15, 0.2) is 24.3 Å². The van der Waals surface area contributed by atoms with Gasteiger partial charge in [-0.15, -0.1) is 0 Å². The van der Waals surface area contributed by atoms with Gasteiger partial charge in [0.15, 0.2) is 0 Å². The zero-order valence-corrected chi connectivity index (χ0v) is 9.09. The number of benzene rings is 1. The lowest BCUT2D eigenvalue weighted by atomic mass is 9.81. The van der Waals surface area contributed by atoms with Gasteiger partial charge in [0.25, 0.3) is 0 Å². The van der Waals surface area contributed by atoms with Crippen molar-refractivity contribution in [2.45, 2.75) is 38.0 Å². The van der Waals surface area contributed by atoms with Crippen LogP contribution in [0.1, 0.15) is 43.7 Å². The summed E-state index contributed by atoms with van der Waals surface area (Å²) in [5, 5.41) is 0. The van der Waals surface area contributed by atoms with Crippen molar-refractivity contribution in [3.63, 3.8) is 0 Å². The van der Waals surface area contributed by atoms with Gasteiger partial charge in [-0.05, 0) is 29.9 Å². The lowest BCUT2D eigenvalue weighted by molar-refractivity contribution is 0.533. The van der Waals surface area contributed by atoms with E-state index in [0.29, 0.717) is 0 Å². The van der Waals surface area contributed by atoms with Crippen molar-refractivity contribution in [2.24, 2.45) is 5.73 Å². The molecule has 0 aliphatic heterocycles. The van der Waals surface area contributed by atoms with E-state index in [1.807, 2.05) is 0 Å². The van der Waals surface area contributed by atoms with Crippen molar-refractivity contribution in [2.75, 3.05) is 6.54 Å². The first-order chi connectivity index (χ1) is 6.65. The third kappa shape index (κ3) is 1.69. The number of hydrogen-bond donors (Lipinski definition) is 1. The van der Waals surface area contributed by atoms with Gasteiger partial charge in [0.05, 0.1) is 0 Å². The van der Waals surface area contributed by atoms with E-state index in [4.69, 9.17) is 5.73 Å². The smallest absolute Gasteiger partial charge is 0.00219 e. The van der Waals surface area contributed by atoms with Gasteiger partial charge in [-0.2, -0.15) is 0 Å². The van der Waals surface area contributed by atoms with Crippen LogP contribution in [0.5, 0.6) is 0 Å². The molecular weight excluding hydrogens is 170 g/mol. The summed E-state index contributed by atoms with van der Waals surface area (Å²) in [7, 11) is 0. The Kier molecular flexibility index (Phi) is 2.36. The molecular formula is C13H19N. The van der Waals surface area contributed by atoms with Gasteiger partial charge in [-0.1, -0.05) is 38.1 Å². The van der Waals surface area contributed by atoms with E-state index in [0.717, 1.165) is 12.5 Å². The van der Waals surface area contributed by atoms with E-state index in [1.165, 1.54) is 24.0 Å². The summed E-state index contributed by atoms with van der Waals surface area (Å²) in [5.74, 6) is 0.817. The van der Waals surface area contributed by atoms with Gasteiger partial charge < -0.3 is 5.73 Å². The van der Waals surface area contributed by atoms with Crippen LogP contribution in [0.25, 0.3) is 0 Å². The molecule has 1 saturated carbocycles. The average Bonchev–Trinajstić information content (AvgIpc) is 3.01. The van der Waals surface area contributed by atoms with Gasteiger partial charge in [0.2, 0.25) is 0 Å². The molecule has 0 amide bonds. The number of nitrogens with two attached hydrogens (primary N) is 1. The number of hydrogen-bond acceptors (Lipinski definition) is 1. The molecule has 76 valence electrons. The molecule has 14 heavy (non-hydrogen) atoms. The lowest BCUT2D eigenvalue weighted by Crippen LogP contribution is -2.29. The molecule has 0 aromatic heterocycles. The first-order valence-corrected chi connectivity index (χ1v) is 5.44. The van der Waals surface area contributed by atoms with E-state index >= 15 is 0 Å². The van der Waals surface area contributed by atoms with Gasteiger partial charge in [-0.25, -0.2) is 0 Å². The van der Waals surface area contributed by atoms with Crippen LogP contribution in [-0.4, -0.2) is 6.54 Å². The van der Waals surface area contributed by atoms with Crippen molar-refractivity contribution < 1.29 is 0 Å². The summed E-state index contributed by atoms with van der Waals surface area (Å²) >= 11 is 0. The van der Waals surface area contributed by atoms with Gasteiger partial charge >= 0.3 is 0 Å². The molecule has 1 nitrogen and oxygen atoms in total. The molecule has 0 bridgehead atoms. The predicted octanol–water partition coefficient (Wildman–Crippen LogP) is 2.80. The Morgan fingerprint density at radius 1 is 1.29 bits per heavy atom. The second kappa shape index (κ2) is 3.39. The highest BCUT2D eigenvalue weighted by molar-refractivity contribution is 5.38. The minimum atomic E-state index is 0.124. The van der Waals surface area contributed by atoms with Gasteiger partial charge in [-0.3, -0.25) is 0 Å². The Balaban J connectivity index is 2.40. The molecule has 0 atom stereocenters. The first-order valence-electron chi connectivity index (χ1n) is 5.44. The van der Waals surface area contributed by atoms with Gasteiger partial charge in [0, 0.05) is 12.0 Å². The van der Waals surface area contributed by atoms with Crippen molar-refractivity contribution >= 4 is 0 Å². The summed E-state index contributed by atoms with van der Waals surface area (Å²) < 4.78 is 0. The summed E-state index contributed by atoms with van der Waals surface area (Å²) in [6.45, 7) is 5.18. The zero-order chi connectivity index (χ0) is 10.2. The van der Waals surface area contributed by atoms with Crippen LogP contribution in [0, 0.1) is 0 Å². The molecule has 1 aliphatic rings. The first kappa shape index (κ1) is 9.72. The molecule has 0 heterocycles. The Bertz CT molecular complexity index is 324. The lowest BCUT2D eigenvalue weighted by Gasteiger charge is -2.26.